The molecule has 4 nitrogen and oxygen atoms in total. The SMILES string of the molecule is COc1[c]ncc(OC)c1OC. The minimum atomic E-state index is 0.442. The van der Waals surface area contributed by atoms with Crippen molar-refractivity contribution in [2.75, 3.05) is 21.3 Å². The molecule has 65 valence electrons. The first kappa shape index (κ1) is 8.64. The van der Waals surface area contributed by atoms with Crippen LogP contribution in [0.25, 0.3) is 0 Å². The Balaban J connectivity index is 3.13. The van der Waals surface area contributed by atoms with Crippen LogP contribution < -0.4 is 14.2 Å². The van der Waals surface area contributed by atoms with Crippen molar-refractivity contribution in [2.45, 2.75) is 0 Å². The van der Waals surface area contributed by atoms with Gasteiger partial charge in [0.05, 0.1) is 27.5 Å². The normalized spacial score (nSPS) is 9.25. The number of ether oxygens (including phenoxy) is 3. The Hall–Kier alpha value is -1.45. The molecule has 4 heteroatoms. The van der Waals surface area contributed by atoms with Crippen molar-refractivity contribution in [2.24, 2.45) is 0 Å². The van der Waals surface area contributed by atoms with Gasteiger partial charge in [0.25, 0.3) is 0 Å². The van der Waals surface area contributed by atoms with Gasteiger partial charge in [0.15, 0.2) is 11.5 Å². The maximum atomic E-state index is 5.04. The predicted molar refractivity (Wildman–Crippen MR) is 42.7 cm³/mol. The lowest BCUT2D eigenvalue weighted by Crippen LogP contribution is -1.95. The molecule has 0 bridgehead atoms. The van der Waals surface area contributed by atoms with Gasteiger partial charge in [0, 0.05) is 0 Å². The summed E-state index contributed by atoms with van der Waals surface area (Å²) < 4.78 is 15.0. The number of methoxy groups -OCH3 is 3. The van der Waals surface area contributed by atoms with E-state index in [-0.39, 0.29) is 0 Å². The van der Waals surface area contributed by atoms with Gasteiger partial charge < -0.3 is 14.2 Å². The van der Waals surface area contributed by atoms with Gasteiger partial charge in [0.2, 0.25) is 5.75 Å². The standard InChI is InChI=1S/C8H10NO3/c1-10-6-4-9-5-7(11-2)8(6)12-3/h4H,1-3H3. The smallest absolute Gasteiger partial charge is 0.207 e. The third-order valence-corrected chi connectivity index (χ3v) is 1.41. The highest BCUT2D eigenvalue weighted by Gasteiger charge is 2.10. The van der Waals surface area contributed by atoms with Gasteiger partial charge in [0.1, 0.15) is 6.20 Å². The van der Waals surface area contributed by atoms with Crippen LogP contribution in [0.15, 0.2) is 6.20 Å². The van der Waals surface area contributed by atoms with Crippen LogP contribution in [0.2, 0.25) is 0 Å². The summed E-state index contributed by atoms with van der Waals surface area (Å²) in [4.78, 5) is 3.78. The van der Waals surface area contributed by atoms with E-state index in [2.05, 4.69) is 11.2 Å². The average molecular weight is 168 g/mol. The molecule has 0 fully saturated rings. The Morgan fingerprint density at radius 2 is 1.92 bits per heavy atom. The van der Waals surface area contributed by atoms with E-state index >= 15 is 0 Å². The van der Waals surface area contributed by atoms with Crippen LogP contribution in [-0.4, -0.2) is 26.3 Å². The molecule has 1 rings (SSSR count). The van der Waals surface area contributed by atoms with Gasteiger partial charge in [-0.25, -0.2) is 4.98 Å². The minimum absolute atomic E-state index is 0.442. The Morgan fingerprint density at radius 1 is 1.17 bits per heavy atom. The van der Waals surface area contributed by atoms with Crippen LogP contribution in [0.1, 0.15) is 0 Å². The molecule has 1 heterocycles. The molecule has 0 aromatic carbocycles. The van der Waals surface area contributed by atoms with Crippen LogP contribution in [0.4, 0.5) is 0 Å². The fourth-order valence-electron chi connectivity index (χ4n) is 0.848. The van der Waals surface area contributed by atoms with Gasteiger partial charge in [-0.1, -0.05) is 0 Å². The van der Waals surface area contributed by atoms with Crippen molar-refractivity contribution in [1.29, 1.82) is 0 Å². The fourth-order valence-corrected chi connectivity index (χ4v) is 0.848. The topological polar surface area (TPSA) is 40.6 Å². The molecular weight excluding hydrogens is 158 g/mol. The molecule has 0 N–H and O–H groups in total. The molecule has 0 amide bonds. The molecule has 1 aromatic rings. The van der Waals surface area contributed by atoms with Crippen molar-refractivity contribution in [3.63, 3.8) is 0 Å². The van der Waals surface area contributed by atoms with Crippen molar-refractivity contribution in [1.82, 2.24) is 4.98 Å². The number of aromatic nitrogens is 1. The maximum Gasteiger partial charge on any atom is 0.207 e. The molecule has 0 unspecified atom stereocenters. The summed E-state index contributed by atoms with van der Waals surface area (Å²) in [6.07, 6.45) is 4.15. The van der Waals surface area contributed by atoms with Gasteiger partial charge in [-0.3, -0.25) is 0 Å². The lowest BCUT2D eigenvalue weighted by atomic mass is 10.4. The van der Waals surface area contributed by atoms with E-state index in [1.807, 2.05) is 0 Å². The summed E-state index contributed by atoms with van der Waals surface area (Å²) in [5.41, 5.74) is 0. The summed E-state index contributed by atoms with van der Waals surface area (Å²) >= 11 is 0. The molecule has 0 spiro atoms. The lowest BCUT2D eigenvalue weighted by Gasteiger charge is -2.09. The van der Waals surface area contributed by atoms with E-state index in [4.69, 9.17) is 14.2 Å². The summed E-state index contributed by atoms with van der Waals surface area (Å²) in [6, 6.07) is 0. The second kappa shape index (κ2) is 3.80. The first-order valence-electron chi connectivity index (χ1n) is 3.36. The monoisotopic (exact) mass is 168 g/mol. The van der Waals surface area contributed by atoms with Crippen molar-refractivity contribution in [3.05, 3.63) is 12.4 Å². The predicted octanol–water partition coefficient (Wildman–Crippen LogP) is 0.908. The summed E-state index contributed by atoms with van der Waals surface area (Å²) in [5, 5.41) is 0. The third-order valence-electron chi connectivity index (χ3n) is 1.41. The highest BCUT2D eigenvalue weighted by atomic mass is 16.5. The zero-order valence-electron chi connectivity index (χ0n) is 7.25. The Labute approximate surface area is 71.1 Å². The molecule has 0 saturated carbocycles. The van der Waals surface area contributed by atoms with Crippen molar-refractivity contribution in [3.8, 4) is 17.2 Å². The second-order valence-electron chi connectivity index (χ2n) is 2.00. The summed E-state index contributed by atoms with van der Waals surface area (Å²) in [7, 11) is 4.60. The number of hydrogen-bond donors (Lipinski definition) is 0. The minimum Gasteiger partial charge on any atom is -0.491 e. The Bertz CT molecular complexity index is 240. The van der Waals surface area contributed by atoms with Gasteiger partial charge in [-0.05, 0) is 0 Å². The van der Waals surface area contributed by atoms with E-state index in [1.54, 1.807) is 7.11 Å². The molecule has 0 atom stereocenters. The largest absolute Gasteiger partial charge is 0.491 e. The summed E-state index contributed by atoms with van der Waals surface area (Å²) in [6.45, 7) is 0. The summed E-state index contributed by atoms with van der Waals surface area (Å²) in [5.74, 6) is 1.49. The van der Waals surface area contributed by atoms with E-state index in [1.165, 1.54) is 20.4 Å². The van der Waals surface area contributed by atoms with Gasteiger partial charge in [-0.2, -0.15) is 0 Å². The molecular formula is C8H10NO3. The van der Waals surface area contributed by atoms with Crippen LogP contribution in [0, 0.1) is 6.20 Å². The average Bonchev–Trinajstić information content (AvgIpc) is 2.16. The number of pyridine rings is 1. The molecule has 0 saturated heterocycles. The zero-order chi connectivity index (χ0) is 8.97. The molecule has 0 aliphatic heterocycles. The molecule has 1 radical (unpaired) electrons. The van der Waals surface area contributed by atoms with Crippen molar-refractivity contribution < 1.29 is 14.2 Å². The van der Waals surface area contributed by atoms with Crippen molar-refractivity contribution >= 4 is 0 Å². The number of nitrogens with zero attached hydrogens (tertiary/aromatic N) is 1. The quantitative estimate of drug-likeness (QED) is 0.672. The van der Waals surface area contributed by atoms with Crippen LogP contribution in [0.3, 0.4) is 0 Å². The van der Waals surface area contributed by atoms with Crippen LogP contribution in [-0.2, 0) is 0 Å². The zero-order valence-corrected chi connectivity index (χ0v) is 7.25. The Kier molecular flexibility index (Phi) is 2.74. The fraction of sp³-hybridized carbons (Fsp3) is 0.375. The molecule has 1 aromatic heterocycles. The molecule has 0 aliphatic rings. The number of rotatable bonds is 3. The van der Waals surface area contributed by atoms with Crippen LogP contribution >= 0.6 is 0 Å². The van der Waals surface area contributed by atoms with E-state index in [0.29, 0.717) is 17.2 Å². The second-order valence-corrected chi connectivity index (χ2v) is 2.00. The van der Waals surface area contributed by atoms with Gasteiger partial charge in [-0.15, -0.1) is 0 Å². The van der Waals surface area contributed by atoms with E-state index < -0.39 is 0 Å². The highest BCUT2D eigenvalue weighted by molar-refractivity contribution is 5.47. The lowest BCUT2D eigenvalue weighted by molar-refractivity contribution is 0.321. The molecule has 0 aliphatic carbocycles. The highest BCUT2D eigenvalue weighted by Crippen LogP contribution is 2.34. The maximum absolute atomic E-state index is 5.04. The molecule has 12 heavy (non-hydrogen) atoms. The third kappa shape index (κ3) is 1.42. The first-order chi connectivity index (χ1) is 5.83. The van der Waals surface area contributed by atoms with Gasteiger partial charge >= 0.3 is 0 Å². The first-order valence-corrected chi connectivity index (χ1v) is 3.36. The van der Waals surface area contributed by atoms with E-state index in [9.17, 15) is 0 Å². The Morgan fingerprint density at radius 3 is 2.42 bits per heavy atom. The van der Waals surface area contributed by atoms with Crippen LogP contribution in [0.5, 0.6) is 17.2 Å². The van der Waals surface area contributed by atoms with E-state index in [0.717, 1.165) is 0 Å². The number of hydrogen-bond acceptors (Lipinski definition) is 4.